The molecule has 110 valence electrons. The lowest BCUT2D eigenvalue weighted by atomic mass is 10.2. The van der Waals surface area contributed by atoms with Crippen LogP contribution < -0.4 is 10.6 Å². The number of hydrogen-bond donors (Lipinski definition) is 2. The van der Waals surface area contributed by atoms with Crippen LogP contribution in [0.15, 0.2) is 36.5 Å². The summed E-state index contributed by atoms with van der Waals surface area (Å²) >= 11 is 8.31. The summed E-state index contributed by atoms with van der Waals surface area (Å²) in [6, 6.07) is 9.20. The van der Waals surface area contributed by atoms with Gasteiger partial charge in [0, 0.05) is 16.3 Å². The van der Waals surface area contributed by atoms with Crippen LogP contribution in [0.3, 0.4) is 0 Å². The summed E-state index contributed by atoms with van der Waals surface area (Å²) < 4.78 is 0.976. The molecule has 0 spiro atoms. The second-order valence-electron chi connectivity index (χ2n) is 4.42. The first-order valence-electron chi connectivity index (χ1n) is 6.57. The Bertz CT molecular complexity index is 649. The Hall–Kier alpha value is -1.34. The van der Waals surface area contributed by atoms with Crippen LogP contribution in [0, 0.1) is 3.57 Å². The molecular formula is C15H15ClIN3O. The third kappa shape index (κ3) is 4.31. The van der Waals surface area contributed by atoms with Crippen molar-refractivity contribution in [2.75, 3.05) is 17.2 Å². The van der Waals surface area contributed by atoms with Gasteiger partial charge in [-0.25, -0.2) is 4.98 Å². The summed E-state index contributed by atoms with van der Waals surface area (Å²) in [4.78, 5) is 16.4. The van der Waals surface area contributed by atoms with Crippen LogP contribution in [0.2, 0.25) is 5.02 Å². The maximum atomic E-state index is 12.2. The quantitative estimate of drug-likeness (QED) is 0.711. The van der Waals surface area contributed by atoms with E-state index in [0.29, 0.717) is 16.4 Å². The van der Waals surface area contributed by atoms with E-state index in [2.05, 4.69) is 45.1 Å². The molecule has 4 nitrogen and oxygen atoms in total. The number of rotatable bonds is 5. The van der Waals surface area contributed by atoms with Crippen molar-refractivity contribution in [3.63, 3.8) is 0 Å². The van der Waals surface area contributed by atoms with Crippen LogP contribution in [0.4, 0.5) is 11.5 Å². The number of anilines is 2. The number of amides is 1. The van der Waals surface area contributed by atoms with E-state index < -0.39 is 0 Å². The molecule has 1 amide bonds. The standard InChI is InChI=1S/C15H15ClIN3O/c1-2-7-18-14-11(16)8-10(9-19-14)15(21)20-13-6-4-3-5-12(13)17/h3-6,8-9H,2,7H2,1H3,(H,18,19)(H,20,21). The predicted octanol–water partition coefficient (Wildman–Crippen LogP) is 4.41. The molecule has 2 rings (SSSR count). The molecule has 0 atom stereocenters. The largest absolute Gasteiger partial charge is 0.369 e. The zero-order chi connectivity index (χ0) is 15.2. The highest BCUT2D eigenvalue weighted by Gasteiger charge is 2.11. The van der Waals surface area contributed by atoms with Gasteiger partial charge in [0.25, 0.3) is 5.91 Å². The molecule has 21 heavy (non-hydrogen) atoms. The molecule has 0 aliphatic heterocycles. The molecule has 0 saturated heterocycles. The van der Waals surface area contributed by atoms with E-state index in [4.69, 9.17) is 11.6 Å². The normalized spacial score (nSPS) is 10.2. The predicted molar refractivity (Wildman–Crippen MR) is 95.1 cm³/mol. The SMILES string of the molecule is CCCNc1ncc(C(=O)Nc2ccccc2I)cc1Cl. The Morgan fingerprint density at radius 1 is 1.38 bits per heavy atom. The molecular weight excluding hydrogens is 401 g/mol. The van der Waals surface area contributed by atoms with Crippen molar-refractivity contribution in [2.24, 2.45) is 0 Å². The molecule has 0 saturated carbocycles. The second kappa shape index (κ2) is 7.61. The summed E-state index contributed by atoms with van der Waals surface area (Å²) in [5.41, 5.74) is 1.20. The van der Waals surface area contributed by atoms with Crippen molar-refractivity contribution in [3.05, 3.63) is 50.7 Å². The minimum absolute atomic E-state index is 0.226. The fourth-order valence-electron chi connectivity index (χ4n) is 1.69. The van der Waals surface area contributed by atoms with E-state index in [1.807, 2.05) is 24.3 Å². The third-order valence-electron chi connectivity index (χ3n) is 2.77. The van der Waals surface area contributed by atoms with Crippen molar-refractivity contribution in [1.29, 1.82) is 0 Å². The molecule has 1 aromatic carbocycles. The molecule has 2 N–H and O–H groups in total. The van der Waals surface area contributed by atoms with Gasteiger partial charge in [-0.1, -0.05) is 30.7 Å². The van der Waals surface area contributed by atoms with Gasteiger partial charge in [0.1, 0.15) is 5.82 Å². The first kappa shape index (κ1) is 16.0. The highest BCUT2D eigenvalue weighted by atomic mass is 127. The highest BCUT2D eigenvalue weighted by Crippen LogP contribution is 2.22. The van der Waals surface area contributed by atoms with Crippen molar-refractivity contribution < 1.29 is 4.79 Å². The Balaban J connectivity index is 2.13. The fraction of sp³-hybridized carbons (Fsp3) is 0.200. The van der Waals surface area contributed by atoms with Crippen LogP contribution >= 0.6 is 34.2 Å². The first-order valence-corrected chi connectivity index (χ1v) is 8.02. The van der Waals surface area contributed by atoms with E-state index in [1.54, 1.807) is 6.07 Å². The number of aromatic nitrogens is 1. The van der Waals surface area contributed by atoms with Crippen molar-refractivity contribution >= 4 is 51.6 Å². The first-order chi connectivity index (χ1) is 10.1. The van der Waals surface area contributed by atoms with Crippen molar-refractivity contribution in [3.8, 4) is 0 Å². The number of carbonyl (C=O) groups is 1. The van der Waals surface area contributed by atoms with Crippen molar-refractivity contribution in [2.45, 2.75) is 13.3 Å². The number of hydrogen-bond acceptors (Lipinski definition) is 3. The van der Waals surface area contributed by atoms with E-state index in [0.717, 1.165) is 22.2 Å². The number of nitrogens with zero attached hydrogens (tertiary/aromatic N) is 1. The van der Waals surface area contributed by atoms with Gasteiger partial charge in [-0.3, -0.25) is 4.79 Å². The summed E-state index contributed by atoms with van der Waals surface area (Å²) in [5.74, 6) is 0.375. The molecule has 2 aromatic rings. The fourth-order valence-corrected chi connectivity index (χ4v) is 2.45. The van der Waals surface area contributed by atoms with Crippen molar-refractivity contribution in [1.82, 2.24) is 4.98 Å². The minimum atomic E-state index is -0.226. The lowest BCUT2D eigenvalue weighted by molar-refractivity contribution is 0.102. The Morgan fingerprint density at radius 2 is 2.14 bits per heavy atom. The van der Waals surface area contributed by atoms with Gasteiger partial charge in [-0.15, -0.1) is 0 Å². The van der Waals surface area contributed by atoms with Crippen LogP contribution in [0.5, 0.6) is 0 Å². The molecule has 0 radical (unpaired) electrons. The van der Waals surface area contributed by atoms with Gasteiger partial charge in [-0.2, -0.15) is 0 Å². The van der Waals surface area contributed by atoms with Gasteiger partial charge in [0.15, 0.2) is 0 Å². The monoisotopic (exact) mass is 415 g/mol. The van der Waals surface area contributed by atoms with Crippen LogP contribution in [0.1, 0.15) is 23.7 Å². The van der Waals surface area contributed by atoms with Gasteiger partial charge in [0.05, 0.1) is 16.3 Å². The molecule has 0 aliphatic carbocycles. The summed E-state index contributed by atoms with van der Waals surface area (Å²) in [6.45, 7) is 2.85. The van der Waals surface area contributed by atoms with Gasteiger partial charge in [-0.05, 0) is 47.2 Å². The molecule has 1 heterocycles. The molecule has 0 unspecified atom stereocenters. The second-order valence-corrected chi connectivity index (χ2v) is 5.98. The van der Waals surface area contributed by atoms with E-state index in [1.165, 1.54) is 6.20 Å². The van der Waals surface area contributed by atoms with Gasteiger partial charge >= 0.3 is 0 Å². The minimum Gasteiger partial charge on any atom is -0.369 e. The molecule has 0 fully saturated rings. The highest BCUT2D eigenvalue weighted by molar-refractivity contribution is 14.1. The number of benzene rings is 1. The van der Waals surface area contributed by atoms with Gasteiger partial charge in [0.2, 0.25) is 0 Å². The number of para-hydroxylation sites is 1. The average Bonchev–Trinajstić information content (AvgIpc) is 2.48. The van der Waals surface area contributed by atoms with E-state index in [9.17, 15) is 4.79 Å². The van der Waals surface area contributed by atoms with E-state index in [-0.39, 0.29) is 5.91 Å². The Kier molecular flexibility index (Phi) is 5.81. The van der Waals surface area contributed by atoms with Crippen LogP contribution in [-0.2, 0) is 0 Å². The summed E-state index contributed by atoms with van der Waals surface area (Å²) in [6.07, 6.45) is 2.50. The summed E-state index contributed by atoms with van der Waals surface area (Å²) in [7, 11) is 0. The number of nitrogens with one attached hydrogen (secondary N) is 2. The lowest BCUT2D eigenvalue weighted by Gasteiger charge is -2.09. The average molecular weight is 416 g/mol. The maximum absolute atomic E-state index is 12.2. The van der Waals surface area contributed by atoms with E-state index >= 15 is 0 Å². The molecule has 1 aromatic heterocycles. The zero-order valence-corrected chi connectivity index (χ0v) is 14.4. The smallest absolute Gasteiger partial charge is 0.257 e. The number of halogens is 2. The topological polar surface area (TPSA) is 54.0 Å². The zero-order valence-electron chi connectivity index (χ0n) is 11.5. The van der Waals surface area contributed by atoms with Crippen LogP contribution in [0.25, 0.3) is 0 Å². The number of pyridine rings is 1. The third-order valence-corrected chi connectivity index (χ3v) is 4.00. The van der Waals surface area contributed by atoms with Crippen LogP contribution in [-0.4, -0.2) is 17.4 Å². The molecule has 6 heteroatoms. The molecule has 0 aliphatic rings. The summed E-state index contributed by atoms with van der Waals surface area (Å²) in [5, 5.41) is 6.41. The lowest BCUT2D eigenvalue weighted by Crippen LogP contribution is -2.13. The Labute approximate surface area is 142 Å². The molecule has 0 bridgehead atoms. The van der Waals surface area contributed by atoms with Gasteiger partial charge < -0.3 is 10.6 Å². The maximum Gasteiger partial charge on any atom is 0.257 e. The Morgan fingerprint density at radius 3 is 2.81 bits per heavy atom. The number of carbonyl (C=O) groups excluding carboxylic acids is 1.